The summed E-state index contributed by atoms with van der Waals surface area (Å²) in [6.07, 6.45) is 6.55. The molecular formula is C24H23N3O4S2. The normalized spacial score (nSPS) is 13.6. The van der Waals surface area contributed by atoms with Gasteiger partial charge in [0.05, 0.1) is 17.9 Å². The van der Waals surface area contributed by atoms with E-state index in [1.54, 1.807) is 6.92 Å². The lowest BCUT2D eigenvalue weighted by Crippen LogP contribution is -2.17. The van der Waals surface area contributed by atoms with Crippen LogP contribution in [0.15, 0.2) is 40.0 Å². The molecular weight excluding hydrogens is 458 g/mol. The Hall–Kier alpha value is -2.91. The number of aromatic nitrogens is 2. The molecule has 7 nitrogen and oxygen atoms in total. The number of furan rings is 1. The molecule has 0 atom stereocenters. The number of thioether (sulfide) groups is 1. The molecule has 0 fully saturated rings. The van der Waals surface area contributed by atoms with Gasteiger partial charge in [-0.25, -0.2) is 14.8 Å². The van der Waals surface area contributed by atoms with Crippen molar-refractivity contribution in [3.05, 3.63) is 46.6 Å². The summed E-state index contributed by atoms with van der Waals surface area (Å²) in [5.41, 5.74) is 3.61. The maximum Gasteiger partial charge on any atom is 0.341 e. The van der Waals surface area contributed by atoms with Gasteiger partial charge in [-0.05, 0) is 50.3 Å². The molecule has 0 spiro atoms. The fourth-order valence-electron chi connectivity index (χ4n) is 4.15. The summed E-state index contributed by atoms with van der Waals surface area (Å²) in [5, 5.41) is 5.07. The average Bonchev–Trinajstić information content (AvgIpc) is 3.27. The van der Waals surface area contributed by atoms with Gasteiger partial charge >= 0.3 is 5.97 Å². The van der Waals surface area contributed by atoms with Crippen molar-refractivity contribution in [2.75, 3.05) is 17.7 Å². The molecule has 9 heteroatoms. The van der Waals surface area contributed by atoms with Crippen LogP contribution in [0.4, 0.5) is 5.00 Å². The molecule has 1 aliphatic rings. The Morgan fingerprint density at radius 3 is 2.91 bits per heavy atom. The van der Waals surface area contributed by atoms with E-state index in [0.29, 0.717) is 27.8 Å². The number of benzene rings is 1. The third-order valence-corrected chi connectivity index (χ3v) is 7.80. The number of amides is 1. The van der Waals surface area contributed by atoms with Crippen molar-refractivity contribution >= 4 is 62.0 Å². The first kappa shape index (κ1) is 21.9. The number of hydrogen-bond donors (Lipinski definition) is 1. The number of rotatable bonds is 6. The number of esters is 1. The highest BCUT2D eigenvalue weighted by Crippen LogP contribution is 2.38. The second-order valence-corrected chi connectivity index (χ2v) is 9.85. The summed E-state index contributed by atoms with van der Waals surface area (Å²) in [7, 11) is 0. The van der Waals surface area contributed by atoms with Gasteiger partial charge in [-0.2, -0.15) is 0 Å². The number of anilines is 1. The van der Waals surface area contributed by atoms with E-state index in [9.17, 15) is 9.59 Å². The lowest BCUT2D eigenvalue weighted by Gasteiger charge is -2.08. The minimum absolute atomic E-state index is 0.133. The minimum Gasteiger partial charge on any atom is -0.462 e. The van der Waals surface area contributed by atoms with E-state index >= 15 is 0 Å². The molecule has 0 saturated carbocycles. The first-order valence-corrected chi connectivity index (χ1v) is 12.8. The zero-order valence-electron chi connectivity index (χ0n) is 18.2. The van der Waals surface area contributed by atoms with Gasteiger partial charge in [0.2, 0.25) is 5.91 Å². The van der Waals surface area contributed by atoms with Crippen LogP contribution < -0.4 is 5.32 Å². The SMILES string of the molecule is CCOC(=O)c1c(NC(=O)CSc2ncnc3c2oc2ccccc23)sc2c1CCCCC2. The van der Waals surface area contributed by atoms with Gasteiger partial charge in [0, 0.05) is 10.3 Å². The molecule has 1 aliphatic carbocycles. The Bertz CT molecular complexity index is 1340. The van der Waals surface area contributed by atoms with Crippen LogP contribution in [0.1, 0.15) is 47.0 Å². The van der Waals surface area contributed by atoms with Crippen LogP contribution >= 0.6 is 23.1 Å². The lowest BCUT2D eigenvalue weighted by atomic mass is 10.1. The van der Waals surface area contributed by atoms with Gasteiger partial charge in [0.1, 0.15) is 27.5 Å². The Morgan fingerprint density at radius 2 is 2.03 bits per heavy atom. The first-order valence-electron chi connectivity index (χ1n) is 11.0. The number of carbonyl (C=O) groups excluding carboxylic acids is 2. The van der Waals surface area contributed by atoms with Gasteiger partial charge in [0.15, 0.2) is 5.58 Å². The molecule has 1 amide bonds. The molecule has 1 N–H and O–H groups in total. The number of para-hydroxylation sites is 1. The molecule has 3 aromatic heterocycles. The molecule has 0 unspecified atom stereocenters. The van der Waals surface area contributed by atoms with Crippen LogP contribution in [0.5, 0.6) is 0 Å². The summed E-state index contributed by atoms with van der Waals surface area (Å²) in [4.78, 5) is 35.4. The van der Waals surface area contributed by atoms with Crippen molar-refractivity contribution < 1.29 is 18.7 Å². The smallest absolute Gasteiger partial charge is 0.341 e. The highest BCUT2D eigenvalue weighted by Gasteiger charge is 2.26. The Balaban J connectivity index is 1.36. The van der Waals surface area contributed by atoms with Crippen LogP contribution in [0, 0.1) is 0 Å². The van der Waals surface area contributed by atoms with Crippen LogP contribution in [0.2, 0.25) is 0 Å². The number of nitrogens with one attached hydrogen (secondary N) is 1. The molecule has 1 aromatic carbocycles. The van der Waals surface area contributed by atoms with Crippen molar-refractivity contribution in [1.29, 1.82) is 0 Å². The van der Waals surface area contributed by atoms with Gasteiger partial charge in [-0.1, -0.05) is 30.3 Å². The van der Waals surface area contributed by atoms with Gasteiger partial charge in [-0.15, -0.1) is 11.3 Å². The summed E-state index contributed by atoms with van der Waals surface area (Å²) in [6, 6.07) is 7.68. The largest absolute Gasteiger partial charge is 0.462 e. The zero-order chi connectivity index (χ0) is 22.8. The summed E-state index contributed by atoms with van der Waals surface area (Å²) in [5.74, 6) is -0.432. The number of hydrogen-bond acceptors (Lipinski definition) is 8. The van der Waals surface area contributed by atoms with Gasteiger partial charge in [0.25, 0.3) is 0 Å². The van der Waals surface area contributed by atoms with Crippen LogP contribution in [-0.4, -0.2) is 34.2 Å². The highest BCUT2D eigenvalue weighted by atomic mass is 32.2. The van der Waals surface area contributed by atoms with Gasteiger partial charge in [-0.3, -0.25) is 4.79 Å². The molecule has 0 bridgehead atoms. The fraction of sp³-hybridized carbons (Fsp3) is 0.333. The van der Waals surface area contributed by atoms with Crippen molar-refractivity contribution in [2.24, 2.45) is 0 Å². The molecule has 4 aromatic rings. The van der Waals surface area contributed by atoms with Gasteiger partial charge < -0.3 is 14.5 Å². The summed E-state index contributed by atoms with van der Waals surface area (Å²) < 4.78 is 11.2. The standard InChI is InChI=1S/C24H23N3O4S2/c1-2-30-24(29)19-15-9-4-3-5-11-17(15)33-22(19)27-18(28)12-32-23-21-20(25-13-26-23)14-8-6-7-10-16(14)31-21/h6-8,10,13H,2-5,9,11-12H2,1H3,(H,27,28). The number of aryl methyl sites for hydroxylation is 1. The molecule has 5 rings (SSSR count). The fourth-order valence-corrected chi connectivity index (χ4v) is 6.18. The molecule has 33 heavy (non-hydrogen) atoms. The van der Waals surface area contributed by atoms with Crippen molar-refractivity contribution in [3.8, 4) is 0 Å². The number of thiophene rings is 1. The third-order valence-electron chi connectivity index (χ3n) is 5.62. The predicted octanol–water partition coefficient (Wildman–Crippen LogP) is 5.61. The number of carbonyl (C=O) groups is 2. The molecule has 0 saturated heterocycles. The summed E-state index contributed by atoms with van der Waals surface area (Å²) >= 11 is 2.79. The Morgan fingerprint density at radius 1 is 1.18 bits per heavy atom. The Kier molecular flexibility index (Phi) is 6.32. The second-order valence-electron chi connectivity index (χ2n) is 7.78. The molecule has 170 valence electrons. The number of fused-ring (bicyclic) bond motifs is 4. The number of nitrogens with zero attached hydrogens (tertiary/aromatic N) is 2. The van der Waals surface area contributed by atoms with Crippen LogP contribution in [0.3, 0.4) is 0 Å². The maximum absolute atomic E-state index is 12.9. The highest BCUT2D eigenvalue weighted by molar-refractivity contribution is 8.00. The monoisotopic (exact) mass is 481 g/mol. The zero-order valence-corrected chi connectivity index (χ0v) is 19.8. The third kappa shape index (κ3) is 4.35. The molecule has 3 heterocycles. The van der Waals surface area contributed by atoms with E-state index in [0.717, 1.165) is 54.2 Å². The first-order chi connectivity index (χ1) is 16.2. The minimum atomic E-state index is -0.361. The molecule has 0 aliphatic heterocycles. The van der Waals surface area contributed by atoms with Crippen molar-refractivity contribution in [3.63, 3.8) is 0 Å². The van der Waals surface area contributed by atoms with Crippen molar-refractivity contribution in [1.82, 2.24) is 9.97 Å². The predicted molar refractivity (Wildman–Crippen MR) is 130 cm³/mol. The molecule has 0 radical (unpaired) electrons. The number of ether oxygens (including phenoxy) is 1. The van der Waals surface area contributed by atoms with Crippen LogP contribution in [0.25, 0.3) is 22.1 Å². The average molecular weight is 482 g/mol. The van der Waals surface area contributed by atoms with E-state index in [-0.39, 0.29) is 17.6 Å². The van der Waals surface area contributed by atoms with E-state index < -0.39 is 0 Å². The summed E-state index contributed by atoms with van der Waals surface area (Å²) in [6.45, 7) is 2.09. The second kappa shape index (κ2) is 9.52. The quantitative estimate of drug-likeness (QED) is 0.165. The van der Waals surface area contributed by atoms with E-state index in [1.165, 1.54) is 34.3 Å². The Labute approximate surface area is 198 Å². The lowest BCUT2D eigenvalue weighted by molar-refractivity contribution is -0.113. The maximum atomic E-state index is 12.9. The van der Waals surface area contributed by atoms with E-state index in [2.05, 4.69) is 15.3 Å². The van der Waals surface area contributed by atoms with Crippen molar-refractivity contribution in [2.45, 2.75) is 44.1 Å². The van der Waals surface area contributed by atoms with Crippen LogP contribution in [-0.2, 0) is 22.4 Å². The topological polar surface area (TPSA) is 94.3 Å². The van der Waals surface area contributed by atoms with E-state index in [1.807, 2.05) is 24.3 Å². The van der Waals surface area contributed by atoms with E-state index in [4.69, 9.17) is 9.15 Å².